The van der Waals surface area contributed by atoms with Crippen molar-refractivity contribution in [2.45, 2.75) is 207 Å². The highest BCUT2D eigenvalue weighted by Crippen LogP contribution is 2.43. The van der Waals surface area contributed by atoms with Crippen molar-refractivity contribution in [2.75, 3.05) is 19.8 Å². The zero-order chi connectivity index (χ0) is 35.4. The molecule has 1 N–H and O–H groups in total. The summed E-state index contributed by atoms with van der Waals surface area (Å²) in [5.41, 5.74) is 0. The van der Waals surface area contributed by atoms with Crippen LogP contribution in [0.25, 0.3) is 0 Å². The number of phosphoric ester groups is 1. The van der Waals surface area contributed by atoms with E-state index in [4.69, 9.17) is 18.5 Å². The Labute approximate surface area is 295 Å². The molecule has 0 bridgehead atoms. The molecule has 0 aliphatic carbocycles. The molecule has 284 valence electrons. The third-order valence-corrected chi connectivity index (χ3v) is 9.63. The van der Waals surface area contributed by atoms with E-state index in [1.807, 2.05) is 0 Å². The third-order valence-electron chi connectivity index (χ3n) is 8.57. The molecule has 2 atom stereocenters. The molecular weight excluding hydrogens is 627 g/mol. The summed E-state index contributed by atoms with van der Waals surface area (Å²) < 4.78 is 32.5. The molecule has 0 amide bonds. The van der Waals surface area contributed by atoms with Crippen LogP contribution < -0.4 is 0 Å². The standard InChI is InChI=1S/C39H75O8P/c1-4-7-9-11-13-15-17-18-19-20-21-22-24-25-27-29-31-33-38(40)44-35-37(36-46-48(42,43)45-6-3)47-39(41)34-32-30-28-26-23-16-14-12-10-8-5-2/h12,14,37H,4-11,13,15-36H2,1-3H3,(H,42,43)/b14-12-. The number of carbonyl (C=O) groups excluding carboxylic acids is 2. The van der Waals surface area contributed by atoms with Crippen molar-refractivity contribution in [3.63, 3.8) is 0 Å². The van der Waals surface area contributed by atoms with Crippen molar-refractivity contribution in [1.82, 2.24) is 0 Å². The van der Waals surface area contributed by atoms with Crippen LogP contribution >= 0.6 is 7.82 Å². The Morgan fingerprint density at radius 1 is 0.542 bits per heavy atom. The fourth-order valence-electron chi connectivity index (χ4n) is 5.61. The first kappa shape index (κ1) is 46.8. The molecule has 0 heterocycles. The van der Waals surface area contributed by atoms with Gasteiger partial charge >= 0.3 is 19.8 Å². The van der Waals surface area contributed by atoms with Crippen LogP contribution in [-0.4, -0.2) is 42.8 Å². The number of hydrogen-bond donors (Lipinski definition) is 1. The number of unbranched alkanes of at least 4 members (excludes halogenated alkanes) is 23. The van der Waals surface area contributed by atoms with E-state index in [0.29, 0.717) is 12.8 Å². The minimum absolute atomic E-state index is 0.00171. The molecule has 8 nitrogen and oxygen atoms in total. The van der Waals surface area contributed by atoms with Gasteiger partial charge in [0.1, 0.15) is 6.61 Å². The van der Waals surface area contributed by atoms with Gasteiger partial charge in [0.05, 0.1) is 13.2 Å². The second-order valence-corrected chi connectivity index (χ2v) is 14.8. The molecule has 9 heteroatoms. The highest BCUT2D eigenvalue weighted by molar-refractivity contribution is 7.47. The van der Waals surface area contributed by atoms with Gasteiger partial charge in [-0.25, -0.2) is 4.57 Å². The molecule has 2 unspecified atom stereocenters. The molecule has 0 fully saturated rings. The maximum absolute atomic E-state index is 12.5. The molecule has 0 saturated carbocycles. The van der Waals surface area contributed by atoms with Crippen LogP contribution in [0.4, 0.5) is 0 Å². The minimum Gasteiger partial charge on any atom is -0.462 e. The van der Waals surface area contributed by atoms with Gasteiger partial charge in [0.2, 0.25) is 0 Å². The molecule has 0 aromatic heterocycles. The molecule has 0 spiro atoms. The number of carbonyl (C=O) groups is 2. The fourth-order valence-corrected chi connectivity index (χ4v) is 6.37. The van der Waals surface area contributed by atoms with Crippen LogP contribution in [0.2, 0.25) is 0 Å². The lowest BCUT2D eigenvalue weighted by Gasteiger charge is -2.19. The number of esters is 2. The average molecular weight is 703 g/mol. The second kappa shape index (κ2) is 35.6. The van der Waals surface area contributed by atoms with Crippen molar-refractivity contribution < 1.29 is 37.6 Å². The number of ether oxygens (including phenoxy) is 2. The van der Waals surface area contributed by atoms with Crippen LogP contribution in [0, 0.1) is 0 Å². The maximum Gasteiger partial charge on any atom is 0.472 e. The summed E-state index contributed by atoms with van der Waals surface area (Å²) in [5, 5.41) is 0. The monoisotopic (exact) mass is 703 g/mol. The first-order valence-corrected chi connectivity index (χ1v) is 21.5. The zero-order valence-corrected chi connectivity index (χ0v) is 32.3. The summed E-state index contributed by atoms with van der Waals surface area (Å²) in [4.78, 5) is 34.6. The lowest BCUT2D eigenvalue weighted by atomic mass is 10.0. The quantitative estimate of drug-likeness (QED) is 0.0295. The summed E-state index contributed by atoms with van der Waals surface area (Å²) in [6.07, 6.45) is 35.5. The Balaban J connectivity index is 4.06. The predicted molar refractivity (Wildman–Crippen MR) is 198 cm³/mol. The Bertz CT molecular complexity index is 803. The molecule has 0 aliphatic heterocycles. The molecule has 0 aromatic carbocycles. The minimum atomic E-state index is -4.27. The SMILES string of the molecule is CCCC/C=C\CCCCCCCC(=O)OC(COC(=O)CCCCCCCCCCCCCCCCCCC)COP(=O)(O)OCC. The summed E-state index contributed by atoms with van der Waals surface area (Å²) in [5.74, 6) is -0.801. The van der Waals surface area contributed by atoms with Gasteiger partial charge < -0.3 is 14.4 Å². The van der Waals surface area contributed by atoms with Crippen molar-refractivity contribution >= 4 is 19.8 Å². The van der Waals surface area contributed by atoms with Gasteiger partial charge in [-0.1, -0.05) is 161 Å². The van der Waals surface area contributed by atoms with E-state index in [1.165, 1.54) is 103 Å². The largest absolute Gasteiger partial charge is 0.472 e. The van der Waals surface area contributed by atoms with E-state index in [0.717, 1.165) is 57.8 Å². The topological polar surface area (TPSA) is 108 Å². The van der Waals surface area contributed by atoms with Crippen LogP contribution in [-0.2, 0) is 32.7 Å². The Kier molecular flexibility index (Phi) is 34.7. The van der Waals surface area contributed by atoms with E-state index in [-0.39, 0.29) is 25.6 Å². The van der Waals surface area contributed by atoms with Crippen molar-refractivity contribution in [2.24, 2.45) is 0 Å². The molecule has 48 heavy (non-hydrogen) atoms. The van der Waals surface area contributed by atoms with Gasteiger partial charge in [-0.15, -0.1) is 0 Å². The lowest BCUT2D eigenvalue weighted by Crippen LogP contribution is -2.29. The molecule has 0 saturated heterocycles. The normalized spacial score (nSPS) is 13.5. The average Bonchev–Trinajstić information content (AvgIpc) is 3.06. The van der Waals surface area contributed by atoms with Gasteiger partial charge in [0.25, 0.3) is 0 Å². The van der Waals surface area contributed by atoms with Gasteiger partial charge in [0, 0.05) is 12.8 Å². The number of allylic oxidation sites excluding steroid dienone is 2. The molecule has 0 rings (SSSR count). The van der Waals surface area contributed by atoms with E-state index in [9.17, 15) is 19.0 Å². The van der Waals surface area contributed by atoms with E-state index < -0.39 is 26.5 Å². The van der Waals surface area contributed by atoms with Gasteiger partial charge in [0.15, 0.2) is 6.10 Å². The summed E-state index contributed by atoms with van der Waals surface area (Å²) in [7, 11) is -4.27. The van der Waals surface area contributed by atoms with Crippen LogP contribution in [0.5, 0.6) is 0 Å². The van der Waals surface area contributed by atoms with Crippen molar-refractivity contribution in [3.05, 3.63) is 12.2 Å². The Morgan fingerprint density at radius 2 is 0.958 bits per heavy atom. The van der Waals surface area contributed by atoms with Gasteiger partial charge in [-0.05, 0) is 39.0 Å². The second-order valence-electron chi connectivity index (χ2n) is 13.3. The highest BCUT2D eigenvalue weighted by Gasteiger charge is 2.25. The molecule has 0 aromatic rings. The number of hydrogen-bond acceptors (Lipinski definition) is 7. The number of rotatable bonds is 37. The van der Waals surface area contributed by atoms with Crippen LogP contribution in [0.1, 0.15) is 201 Å². The summed E-state index contributed by atoms with van der Waals surface area (Å²) in [6.45, 7) is 5.44. The number of phosphoric acid groups is 1. The molecule has 0 aliphatic rings. The summed E-state index contributed by atoms with van der Waals surface area (Å²) in [6, 6.07) is 0. The lowest BCUT2D eigenvalue weighted by molar-refractivity contribution is -0.161. The fraction of sp³-hybridized carbons (Fsp3) is 0.897. The van der Waals surface area contributed by atoms with Gasteiger partial charge in [-0.3, -0.25) is 18.6 Å². The zero-order valence-electron chi connectivity index (χ0n) is 31.4. The van der Waals surface area contributed by atoms with Crippen molar-refractivity contribution in [3.8, 4) is 0 Å². The first-order valence-electron chi connectivity index (χ1n) is 20.0. The first-order chi connectivity index (χ1) is 23.3. The summed E-state index contributed by atoms with van der Waals surface area (Å²) >= 11 is 0. The Hall–Kier alpha value is -1.21. The highest BCUT2D eigenvalue weighted by atomic mass is 31.2. The smallest absolute Gasteiger partial charge is 0.462 e. The van der Waals surface area contributed by atoms with E-state index in [2.05, 4.69) is 26.0 Å². The van der Waals surface area contributed by atoms with Crippen molar-refractivity contribution in [1.29, 1.82) is 0 Å². The van der Waals surface area contributed by atoms with E-state index >= 15 is 0 Å². The Morgan fingerprint density at radius 3 is 1.44 bits per heavy atom. The third kappa shape index (κ3) is 34.6. The maximum atomic E-state index is 12.5. The van der Waals surface area contributed by atoms with Gasteiger partial charge in [-0.2, -0.15) is 0 Å². The predicted octanol–water partition coefficient (Wildman–Crippen LogP) is 12.1. The molecular formula is C39H75O8P. The van der Waals surface area contributed by atoms with Crippen LogP contribution in [0.3, 0.4) is 0 Å². The van der Waals surface area contributed by atoms with E-state index in [1.54, 1.807) is 6.92 Å². The molecule has 0 radical (unpaired) electrons. The van der Waals surface area contributed by atoms with Crippen LogP contribution in [0.15, 0.2) is 12.2 Å².